The van der Waals surface area contributed by atoms with Gasteiger partial charge in [0.05, 0.1) is 10.6 Å². The molecule has 1 atom stereocenters. The molecule has 1 aromatic heterocycles. The second-order valence-corrected chi connectivity index (χ2v) is 5.88. The van der Waals surface area contributed by atoms with Gasteiger partial charge < -0.3 is 5.32 Å². The Balaban J connectivity index is 1.97. The molecule has 2 rings (SSSR count). The molecule has 1 N–H and O–H groups in total. The van der Waals surface area contributed by atoms with Crippen LogP contribution in [0.4, 0.5) is 13.2 Å². The Morgan fingerprint density at radius 2 is 2.21 bits per heavy atom. The number of thioether (sulfide) groups is 1. The van der Waals surface area contributed by atoms with Crippen LogP contribution < -0.4 is 5.32 Å². The highest BCUT2D eigenvalue weighted by molar-refractivity contribution is 7.99. The number of nitrogens with zero attached hydrogens (tertiary/aromatic N) is 1. The number of pyridine rings is 1. The van der Waals surface area contributed by atoms with E-state index < -0.39 is 11.7 Å². The minimum atomic E-state index is -4.40. The maximum Gasteiger partial charge on any atom is 0.417 e. The lowest BCUT2D eigenvalue weighted by Crippen LogP contribution is -2.35. The van der Waals surface area contributed by atoms with Gasteiger partial charge in [-0.3, -0.25) is 0 Å². The molecular formula is C12H14ClF3N2S. The van der Waals surface area contributed by atoms with Gasteiger partial charge in [-0.15, -0.1) is 11.8 Å². The van der Waals surface area contributed by atoms with E-state index in [-0.39, 0.29) is 5.02 Å². The molecule has 19 heavy (non-hydrogen) atoms. The second kappa shape index (κ2) is 6.33. The van der Waals surface area contributed by atoms with Crippen LogP contribution in [0.25, 0.3) is 0 Å². The summed E-state index contributed by atoms with van der Waals surface area (Å²) >= 11 is 7.25. The standard InChI is InChI=1S/C12H14ClF3N2S/c13-10-5-8(12(14,15)16)6-18-11(10)19-7-9-3-1-2-4-17-9/h5-6,9,17H,1-4,7H2. The molecule has 1 aromatic rings. The number of hydrogen-bond donors (Lipinski definition) is 1. The van der Waals surface area contributed by atoms with Crippen LogP contribution in [0, 0.1) is 0 Å². The van der Waals surface area contributed by atoms with Crippen molar-refractivity contribution in [2.45, 2.75) is 36.5 Å². The number of halogens is 4. The first-order valence-corrected chi connectivity index (χ1v) is 7.42. The van der Waals surface area contributed by atoms with Crippen molar-refractivity contribution in [2.75, 3.05) is 12.3 Å². The van der Waals surface area contributed by atoms with E-state index in [4.69, 9.17) is 11.6 Å². The van der Waals surface area contributed by atoms with E-state index in [1.54, 1.807) is 0 Å². The molecule has 1 fully saturated rings. The van der Waals surface area contributed by atoms with Crippen LogP contribution in [0.15, 0.2) is 17.3 Å². The zero-order valence-electron chi connectivity index (χ0n) is 10.1. The highest BCUT2D eigenvalue weighted by Gasteiger charge is 2.31. The first-order valence-electron chi connectivity index (χ1n) is 6.06. The highest BCUT2D eigenvalue weighted by atomic mass is 35.5. The molecule has 1 aliphatic heterocycles. The monoisotopic (exact) mass is 310 g/mol. The average molecular weight is 311 g/mol. The summed E-state index contributed by atoms with van der Waals surface area (Å²) in [5.74, 6) is 0.776. The quantitative estimate of drug-likeness (QED) is 0.855. The maximum atomic E-state index is 12.5. The van der Waals surface area contributed by atoms with Crippen LogP contribution in [0.1, 0.15) is 24.8 Å². The Kier molecular flexibility index (Phi) is 4.97. The van der Waals surface area contributed by atoms with E-state index in [9.17, 15) is 13.2 Å². The highest BCUT2D eigenvalue weighted by Crippen LogP contribution is 2.34. The van der Waals surface area contributed by atoms with Gasteiger partial charge in [0.25, 0.3) is 0 Å². The van der Waals surface area contributed by atoms with Gasteiger partial charge in [-0.2, -0.15) is 13.2 Å². The number of rotatable bonds is 3. The molecule has 2 heterocycles. The molecule has 2 nitrogen and oxygen atoms in total. The number of alkyl halides is 3. The van der Waals surface area contributed by atoms with E-state index in [1.807, 2.05) is 0 Å². The summed E-state index contributed by atoms with van der Waals surface area (Å²) in [4.78, 5) is 3.81. The van der Waals surface area contributed by atoms with Crippen LogP contribution in [0.2, 0.25) is 5.02 Å². The second-order valence-electron chi connectivity index (χ2n) is 4.47. The van der Waals surface area contributed by atoms with Crippen molar-refractivity contribution in [1.29, 1.82) is 0 Å². The zero-order chi connectivity index (χ0) is 13.9. The molecular weight excluding hydrogens is 297 g/mol. The van der Waals surface area contributed by atoms with Crippen molar-refractivity contribution in [3.05, 3.63) is 22.8 Å². The van der Waals surface area contributed by atoms with Crippen LogP contribution in [0.3, 0.4) is 0 Å². The van der Waals surface area contributed by atoms with Gasteiger partial charge in [-0.05, 0) is 25.5 Å². The molecule has 0 spiro atoms. The Hall–Kier alpha value is -0.460. The SMILES string of the molecule is FC(F)(F)c1cnc(SCC2CCCCN2)c(Cl)c1. The molecule has 106 valence electrons. The largest absolute Gasteiger partial charge is 0.417 e. The molecule has 0 amide bonds. The van der Waals surface area contributed by atoms with Gasteiger partial charge in [0.1, 0.15) is 5.03 Å². The van der Waals surface area contributed by atoms with Crippen LogP contribution in [0.5, 0.6) is 0 Å². The first kappa shape index (κ1) is 14.9. The van der Waals surface area contributed by atoms with Crippen molar-refractivity contribution in [2.24, 2.45) is 0 Å². The van der Waals surface area contributed by atoms with Gasteiger partial charge in [-0.1, -0.05) is 18.0 Å². The molecule has 1 saturated heterocycles. The zero-order valence-corrected chi connectivity index (χ0v) is 11.7. The Bertz CT molecular complexity index is 433. The Morgan fingerprint density at radius 3 is 2.79 bits per heavy atom. The summed E-state index contributed by atoms with van der Waals surface area (Å²) in [5, 5.41) is 3.90. The lowest BCUT2D eigenvalue weighted by molar-refractivity contribution is -0.137. The van der Waals surface area contributed by atoms with E-state index in [1.165, 1.54) is 24.6 Å². The Morgan fingerprint density at radius 1 is 1.42 bits per heavy atom. The normalized spacial score (nSPS) is 20.5. The van der Waals surface area contributed by atoms with Crippen molar-refractivity contribution < 1.29 is 13.2 Å². The lowest BCUT2D eigenvalue weighted by atomic mass is 10.1. The molecule has 0 aromatic carbocycles. The third-order valence-corrected chi connectivity index (χ3v) is 4.54. The predicted octanol–water partition coefficient (Wildman–Crippen LogP) is 3.99. The van der Waals surface area contributed by atoms with Crippen LogP contribution >= 0.6 is 23.4 Å². The van der Waals surface area contributed by atoms with Gasteiger partial charge in [0.2, 0.25) is 0 Å². The van der Waals surface area contributed by atoms with Gasteiger partial charge in [0, 0.05) is 18.0 Å². The summed E-state index contributed by atoms with van der Waals surface area (Å²) in [5.41, 5.74) is -0.808. The predicted molar refractivity (Wildman–Crippen MR) is 70.6 cm³/mol. The fraction of sp³-hybridized carbons (Fsp3) is 0.583. The van der Waals surface area contributed by atoms with Gasteiger partial charge >= 0.3 is 6.18 Å². The average Bonchev–Trinajstić information content (AvgIpc) is 2.37. The van der Waals surface area contributed by atoms with E-state index in [0.717, 1.165) is 31.0 Å². The summed E-state index contributed by atoms with van der Waals surface area (Å²) in [6.45, 7) is 0.999. The molecule has 1 unspecified atom stereocenters. The number of aromatic nitrogens is 1. The summed E-state index contributed by atoms with van der Waals surface area (Å²) in [6.07, 6.45) is -0.106. The number of hydrogen-bond acceptors (Lipinski definition) is 3. The van der Waals surface area contributed by atoms with E-state index in [0.29, 0.717) is 11.1 Å². The number of piperidine rings is 1. The van der Waals surface area contributed by atoms with E-state index >= 15 is 0 Å². The van der Waals surface area contributed by atoms with Crippen LogP contribution in [-0.2, 0) is 6.18 Å². The molecule has 1 aliphatic rings. The van der Waals surface area contributed by atoms with Gasteiger partial charge in [0.15, 0.2) is 0 Å². The minimum absolute atomic E-state index is 0.0654. The minimum Gasteiger partial charge on any atom is -0.313 e. The van der Waals surface area contributed by atoms with Crippen molar-refractivity contribution in [3.63, 3.8) is 0 Å². The molecule has 0 bridgehead atoms. The summed E-state index contributed by atoms with van der Waals surface area (Å²) in [6, 6.07) is 1.32. The molecule has 7 heteroatoms. The fourth-order valence-corrected chi connectivity index (χ4v) is 3.23. The number of nitrogens with one attached hydrogen (secondary N) is 1. The van der Waals surface area contributed by atoms with Gasteiger partial charge in [-0.25, -0.2) is 4.98 Å². The third kappa shape index (κ3) is 4.26. The van der Waals surface area contributed by atoms with E-state index in [2.05, 4.69) is 10.3 Å². The summed E-state index contributed by atoms with van der Waals surface area (Å²) in [7, 11) is 0. The maximum absolute atomic E-state index is 12.5. The molecule has 0 aliphatic carbocycles. The first-order chi connectivity index (χ1) is 8.97. The van der Waals surface area contributed by atoms with Crippen molar-refractivity contribution in [1.82, 2.24) is 10.3 Å². The Labute approximate surface area is 119 Å². The molecule has 0 radical (unpaired) electrons. The van der Waals surface area contributed by atoms with Crippen molar-refractivity contribution >= 4 is 23.4 Å². The van der Waals surface area contributed by atoms with Crippen LogP contribution in [-0.4, -0.2) is 23.3 Å². The topological polar surface area (TPSA) is 24.9 Å². The smallest absolute Gasteiger partial charge is 0.313 e. The lowest BCUT2D eigenvalue weighted by Gasteiger charge is -2.22. The molecule has 0 saturated carbocycles. The third-order valence-electron chi connectivity index (χ3n) is 2.97. The fourth-order valence-electron chi connectivity index (χ4n) is 1.93. The summed E-state index contributed by atoms with van der Waals surface area (Å²) < 4.78 is 37.4. The van der Waals surface area contributed by atoms with Crippen molar-refractivity contribution in [3.8, 4) is 0 Å².